The molecule has 2 aromatic rings. The Morgan fingerprint density at radius 3 is 2.78 bits per heavy atom. The largest absolute Gasteiger partial charge is 0.310 e. The van der Waals surface area contributed by atoms with Crippen LogP contribution in [0.4, 0.5) is 0 Å². The summed E-state index contributed by atoms with van der Waals surface area (Å²) in [5.41, 5.74) is 1.37. The van der Waals surface area contributed by atoms with E-state index in [9.17, 15) is 4.79 Å². The molecule has 0 saturated carbocycles. The van der Waals surface area contributed by atoms with Crippen LogP contribution in [0.15, 0.2) is 33.8 Å². The van der Waals surface area contributed by atoms with Gasteiger partial charge in [0.1, 0.15) is 5.15 Å². The van der Waals surface area contributed by atoms with Crippen molar-refractivity contribution in [3.63, 3.8) is 0 Å². The van der Waals surface area contributed by atoms with Gasteiger partial charge in [-0.2, -0.15) is 0 Å². The average molecular weight is 348 g/mol. The molecule has 2 aromatic heterocycles. The maximum absolute atomic E-state index is 12.0. The van der Waals surface area contributed by atoms with Crippen molar-refractivity contribution in [3.8, 4) is 0 Å². The summed E-state index contributed by atoms with van der Waals surface area (Å²) in [6, 6.07) is 3.34. The Morgan fingerprint density at radius 2 is 2.11 bits per heavy atom. The van der Waals surface area contributed by atoms with Crippen LogP contribution in [0.25, 0.3) is 0 Å². The van der Waals surface area contributed by atoms with Gasteiger partial charge in [0, 0.05) is 28.0 Å². The zero-order valence-electron chi connectivity index (χ0n) is 9.45. The first-order valence-electron chi connectivity index (χ1n) is 5.14. The standard InChI is InChI=1S/C12H9BrCl2N2O/c1-7-2-9(13)6-17(12(7)18)5-8-4-16-11(15)3-10(8)14/h2-4,6H,5H2,1H3. The minimum Gasteiger partial charge on any atom is -0.310 e. The zero-order valence-corrected chi connectivity index (χ0v) is 12.6. The van der Waals surface area contributed by atoms with Crippen molar-refractivity contribution in [2.24, 2.45) is 0 Å². The average Bonchev–Trinajstić information content (AvgIpc) is 2.29. The molecule has 2 rings (SSSR count). The van der Waals surface area contributed by atoms with Crippen molar-refractivity contribution >= 4 is 39.1 Å². The summed E-state index contributed by atoms with van der Waals surface area (Å²) < 4.78 is 2.42. The lowest BCUT2D eigenvalue weighted by Gasteiger charge is -2.09. The van der Waals surface area contributed by atoms with Crippen LogP contribution in [0.3, 0.4) is 0 Å². The third kappa shape index (κ3) is 2.94. The van der Waals surface area contributed by atoms with E-state index >= 15 is 0 Å². The Kier molecular flexibility index (Phi) is 4.10. The Labute approximate surface area is 123 Å². The van der Waals surface area contributed by atoms with Gasteiger partial charge in [-0.25, -0.2) is 4.98 Å². The number of rotatable bonds is 2. The number of aryl methyl sites for hydroxylation is 1. The number of pyridine rings is 2. The van der Waals surface area contributed by atoms with E-state index in [2.05, 4.69) is 20.9 Å². The van der Waals surface area contributed by atoms with Gasteiger partial charge in [-0.05, 0) is 35.0 Å². The number of hydrogen-bond donors (Lipinski definition) is 0. The predicted octanol–water partition coefficient (Wildman–Crippen LogP) is 3.67. The summed E-state index contributed by atoms with van der Waals surface area (Å²) >= 11 is 15.2. The maximum atomic E-state index is 12.0. The fraction of sp³-hybridized carbons (Fsp3) is 0.167. The topological polar surface area (TPSA) is 34.9 Å². The molecule has 18 heavy (non-hydrogen) atoms. The third-order valence-electron chi connectivity index (χ3n) is 2.47. The fourth-order valence-electron chi connectivity index (χ4n) is 1.59. The van der Waals surface area contributed by atoms with E-state index in [-0.39, 0.29) is 5.56 Å². The lowest BCUT2D eigenvalue weighted by molar-refractivity contribution is 0.746. The number of nitrogens with zero attached hydrogens (tertiary/aromatic N) is 2. The van der Waals surface area contributed by atoms with Crippen molar-refractivity contribution in [1.29, 1.82) is 0 Å². The van der Waals surface area contributed by atoms with Crippen LogP contribution in [0.2, 0.25) is 10.2 Å². The summed E-state index contributed by atoms with van der Waals surface area (Å²) in [6.45, 7) is 2.13. The van der Waals surface area contributed by atoms with Crippen molar-refractivity contribution in [3.05, 3.63) is 60.7 Å². The minimum absolute atomic E-state index is 0.0517. The molecule has 0 saturated heterocycles. The second-order valence-corrected chi connectivity index (χ2v) is 5.58. The van der Waals surface area contributed by atoms with Crippen LogP contribution >= 0.6 is 39.1 Å². The van der Waals surface area contributed by atoms with E-state index in [1.165, 1.54) is 0 Å². The van der Waals surface area contributed by atoms with Gasteiger partial charge in [-0.3, -0.25) is 4.79 Å². The maximum Gasteiger partial charge on any atom is 0.253 e. The van der Waals surface area contributed by atoms with E-state index in [1.807, 2.05) is 0 Å². The molecular weight excluding hydrogens is 339 g/mol. The van der Waals surface area contributed by atoms with Crippen LogP contribution in [-0.2, 0) is 6.54 Å². The number of hydrogen-bond acceptors (Lipinski definition) is 2. The molecule has 0 bridgehead atoms. The van der Waals surface area contributed by atoms with Crippen LogP contribution in [0, 0.1) is 6.92 Å². The molecule has 0 unspecified atom stereocenters. The molecule has 2 heterocycles. The molecule has 0 N–H and O–H groups in total. The first-order chi connectivity index (χ1) is 8.47. The molecule has 0 amide bonds. The SMILES string of the molecule is Cc1cc(Br)cn(Cc2cnc(Cl)cc2Cl)c1=O. The van der Waals surface area contributed by atoms with Gasteiger partial charge < -0.3 is 4.57 Å². The van der Waals surface area contributed by atoms with E-state index in [1.54, 1.807) is 36.0 Å². The van der Waals surface area contributed by atoms with Gasteiger partial charge in [-0.15, -0.1) is 0 Å². The Balaban J connectivity index is 2.43. The van der Waals surface area contributed by atoms with E-state index in [0.29, 0.717) is 22.3 Å². The second-order valence-electron chi connectivity index (χ2n) is 3.87. The third-order valence-corrected chi connectivity index (χ3v) is 3.46. The van der Waals surface area contributed by atoms with Gasteiger partial charge in [0.15, 0.2) is 0 Å². The minimum atomic E-state index is -0.0517. The summed E-state index contributed by atoms with van der Waals surface area (Å²) in [5.74, 6) is 0. The van der Waals surface area contributed by atoms with Gasteiger partial charge >= 0.3 is 0 Å². The van der Waals surface area contributed by atoms with Gasteiger partial charge in [-0.1, -0.05) is 23.2 Å². The van der Waals surface area contributed by atoms with Crippen LogP contribution in [-0.4, -0.2) is 9.55 Å². The quantitative estimate of drug-likeness (QED) is 0.777. The highest BCUT2D eigenvalue weighted by Gasteiger charge is 2.07. The zero-order chi connectivity index (χ0) is 13.3. The van der Waals surface area contributed by atoms with E-state index < -0.39 is 0 Å². The van der Waals surface area contributed by atoms with Crippen molar-refractivity contribution < 1.29 is 0 Å². The smallest absolute Gasteiger partial charge is 0.253 e. The highest BCUT2D eigenvalue weighted by molar-refractivity contribution is 9.10. The summed E-state index contributed by atoms with van der Waals surface area (Å²) in [6.07, 6.45) is 3.30. The Hall–Kier alpha value is -0.840. The van der Waals surface area contributed by atoms with Crippen LogP contribution in [0.1, 0.15) is 11.1 Å². The van der Waals surface area contributed by atoms with E-state index in [0.717, 1.165) is 10.0 Å². The van der Waals surface area contributed by atoms with Gasteiger partial charge in [0.05, 0.1) is 11.6 Å². The second kappa shape index (κ2) is 5.43. The Morgan fingerprint density at radius 1 is 1.39 bits per heavy atom. The lowest BCUT2D eigenvalue weighted by atomic mass is 10.2. The van der Waals surface area contributed by atoms with Crippen molar-refractivity contribution in [2.45, 2.75) is 13.5 Å². The first-order valence-corrected chi connectivity index (χ1v) is 6.69. The summed E-state index contributed by atoms with van der Waals surface area (Å²) in [5, 5.41) is 0.834. The molecule has 0 spiro atoms. The molecule has 6 heteroatoms. The molecular formula is C12H9BrCl2N2O. The monoisotopic (exact) mass is 346 g/mol. The van der Waals surface area contributed by atoms with Gasteiger partial charge in [0.2, 0.25) is 0 Å². The molecule has 0 aliphatic carbocycles. The highest BCUT2D eigenvalue weighted by atomic mass is 79.9. The summed E-state index contributed by atoms with van der Waals surface area (Å²) in [7, 11) is 0. The first kappa shape index (κ1) is 13.6. The predicted molar refractivity (Wildman–Crippen MR) is 76.5 cm³/mol. The molecule has 0 aromatic carbocycles. The molecule has 0 atom stereocenters. The molecule has 0 radical (unpaired) electrons. The van der Waals surface area contributed by atoms with Gasteiger partial charge in [0.25, 0.3) is 5.56 Å². The molecule has 0 aliphatic heterocycles. The fourth-order valence-corrected chi connectivity index (χ4v) is 2.61. The molecule has 0 aliphatic rings. The highest BCUT2D eigenvalue weighted by Crippen LogP contribution is 2.19. The van der Waals surface area contributed by atoms with Crippen molar-refractivity contribution in [2.75, 3.05) is 0 Å². The lowest BCUT2D eigenvalue weighted by Crippen LogP contribution is -2.22. The normalized spacial score (nSPS) is 10.7. The van der Waals surface area contributed by atoms with Crippen LogP contribution < -0.4 is 5.56 Å². The molecule has 0 fully saturated rings. The van der Waals surface area contributed by atoms with Crippen LogP contribution in [0.5, 0.6) is 0 Å². The molecule has 94 valence electrons. The summed E-state index contributed by atoms with van der Waals surface area (Å²) in [4.78, 5) is 15.9. The van der Waals surface area contributed by atoms with E-state index in [4.69, 9.17) is 23.2 Å². The molecule has 3 nitrogen and oxygen atoms in total. The number of aromatic nitrogens is 2. The van der Waals surface area contributed by atoms with Crippen molar-refractivity contribution in [1.82, 2.24) is 9.55 Å². The number of halogens is 3. The Bertz CT molecular complexity index is 655.